The predicted octanol–water partition coefficient (Wildman–Crippen LogP) is 2.72. The minimum absolute atomic E-state index is 0. The Balaban J connectivity index is 0.00000243. The summed E-state index contributed by atoms with van der Waals surface area (Å²) < 4.78 is 40.9. The van der Waals surface area contributed by atoms with Crippen LogP contribution < -0.4 is 10.6 Å². The van der Waals surface area contributed by atoms with Crippen LogP contribution in [0, 0.1) is 0 Å². The quantitative estimate of drug-likeness (QED) is 0.846. The molecule has 0 aliphatic carbocycles. The first kappa shape index (κ1) is 20.3. The molecule has 0 spiro atoms. The van der Waals surface area contributed by atoms with Crippen molar-refractivity contribution in [3.63, 3.8) is 0 Å². The summed E-state index contributed by atoms with van der Waals surface area (Å²) in [6, 6.07) is 7.01. The number of rotatable bonds is 4. The van der Waals surface area contributed by atoms with Crippen LogP contribution in [0.4, 0.5) is 13.2 Å². The van der Waals surface area contributed by atoms with Gasteiger partial charge in [-0.1, -0.05) is 18.2 Å². The maximum absolute atomic E-state index is 13.1. The molecule has 26 heavy (non-hydrogen) atoms. The number of amides is 1. The summed E-state index contributed by atoms with van der Waals surface area (Å²) in [4.78, 5) is 12.9. The van der Waals surface area contributed by atoms with Crippen molar-refractivity contribution in [1.29, 1.82) is 0 Å². The van der Waals surface area contributed by atoms with Crippen molar-refractivity contribution in [2.75, 3.05) is 13.1 Å². The molecular weight excluding hydrogens is 369 g/mol. The average molecular weight is 389 g/mol. The fourth-order valence-electron chi connectivity index (χ4n) is 3.21. The third kappa shape index (κ3) is 4.02. The number of carbonyl (C=O) groups is 1. The molecule has 1 amide bonds. The summed E-state index contributed by atoms with van der Waals surface area (Å²) in [5, 5.41) is 10.1. The van der Waals surface area contributed by atoms with E-state index >= 15 is 0 Å². The maximum atomic E-state index is 13.1. The lowest BCUT2D eigenvalue weighted by molar-refractivity contribution is -0.139. The zero-order valence-electron chi connectivity index (χ0n) is 13.9. The van der Waals surface area contributed by atoms with Crippen LogP contribution in [0.25, 0.3) is 0 Å². The molecule has 9 heteroatoms. The number of carbonyl (C=O) groups excluding carboxylic acids is 1. The zero-order chi connectivity index (χ0) is 17.9. The molecule has 1 aliphatic rings. The SMILES string of the molecule is Cl.O=C(NCc1ccccc1C(F)(F)F)C1(n2cccn2)CCNCC1. The monoisotopic (exact) mass is 388 g/mol. The predicted molar refractivity (Wildman–Crippen MR) is 92.8 cm³/mol. The standard InChI is InChI=1S/C17H19F3N4O.ClH/c18-17(19,20)14-5-2-1-4-13(14)12-22-15(25)16(6-9-21-10-7-16)24-11-3-8-23-24;/h1-5,8,11,21H,6-7,9-10,12H2,(H,22,25);1H. The van der Waals surface area contributed by atoms with Crippen LogP contribution in [0.15, 0.2) is 42.7 Å². The van der Waals surface area contributed by atoms with Crippen molar-refractivity contribution in [2.24, 2.45) is 0 Å². The lowest BCUT2D eigenvalue weighted by Gasteiger charge is -2.36. The molecule has 1 fully saturated rings. The fraction of sp³-hybridized carbons (Fsp3) is 0.412. The normalized spacial score (nSPS) is 16.6. The molecule has 0 radical (unpaired) electrons. The van der Waals surface area contributed by atoms with Gasteiger partial charge in [-0.3, -0.25) is 9.48 Å². The molecule has 142 valence electrons. The van der Waals surface area contributed by atoms with Crippen molar-refractivity contribution in [3.05, 3.63) is 53.9 Å². The summed E-state index contributed by atoms with van der Waals surface area (Å²) in [6.07, 6.45) is -0.0802. The summed E-state index contributed by atoms with van der Waals surface area (Å²) in [6.45, 7) is 1.11. The highest BCUT2D eigenvalue weighted by atomic mass is 35.5. The third-order valence-electron chi connectivity index (χ3n) is 4.56. The number of nitrogens with zero attached hydrogens (tertiary/aromatic N) is 2. The molecule has 5 nitrogen and oxygen atoms in total. The van der Waals surface area contributed by atoms with Crippen molar-refractivity contribution in [2.45, 2.75) is 31.1 Å². The van der Waals surface area contributed by atoms with E-state index in [9.17, 15) is 18.0 Å². The molecule has 2 aromatic rings. The van der Waals surface area contributed by atoms with Crippen LogP contribution in [0.2, 0.25) is 0 Å². The second-order valence-corrected chi connectivity index (χ2v) is 6.07. The lowest BCUT2D eigenvalue weighted by atomic mass is 9.87. The molecule has 1 aromatic heterocycles. The second-order valence-electron chi connectivity index (χ2n) is 6.07. The molecular formula is C17H20ClF3N4O. The Hall–Kier alpha value is -2.06. The third-order valence-corrected chi connectivity index (χ3v) is 4.56. The van der Waals surface area contributed by atoms with Gasteiger partial charge in [0.25, 0.3) is 0 Å². The van der Waals surface area contributed by atoms with Gasteiger partial charge in [-0.25, -0.2) is 0 Å². The van der Waals surface area contributed by atoms with Gasteiger partial charge in [-0.15, -0.1) is 12.4 Å². The van der Waals surface area contributed by atoms with Crippen LogP contribution in [0.1, 0.15) is 24.0 Å². The van der Waals surface area contributed by atoms with Gasteiger partial charge in [0.05, 0.1) is 5.56 Å². The molecule has 1 aromatic carbocycles. The van der Waals surface area contributed by atoms with Crippen molar-refractivity contribution in [3.8, 4) is 0 Å². The Bertz CT molecular complexity index is 728. The first-order valence-corrected chi connectivity index (χ1v) is 8.08. The number of benzene rings is 1. The van der Waals surface area contributed by atoms with E-state index in [1.54, 1.807) is 23.1 Å². The largest absolute Gasteiger partial charge is 0.416 e. The Labute approximate surface area is 155 Å². The van der Waals surface area contributed by atoms with E-state index in [-0.39, 0.29) is 30.4 Å². The van der Waals surface area contributed by atoms with Crippen molar-refractivity contribution in [1.82, 2.24) is 20.4 Å². The smallest absolute Gasteiger partial charge is 0.350 e. The Kier molecular flexibility index (Phi) is 6.30. The fourth-order valence-corrected chi connectivity index (χ4v) is 3.21. The lowest BCUT2D eigenvalue weighted by Crippen LogP contribution is -2.54. The average Bonchev–Trinajstić information content (AvgIpc) is 3.15. The van der Waals surface area contributed by atoms with Crippen molar-refractivity contribution < 1.29 is 18.0 Å². The first-order valence-electron chi connectivity index (χ1n) is 8.08. The van der Waals surface area contributed by atoms with Gasteiger partial charge >= 0.3 is 6.18 Å². The van der Waals surface area contributed by atoms with E-state index in [1.165, 1.54) is 18.2 Å². The number of aromatic nitrogens is 2. The van der Waals surface area contributed by atoms with Crippen LogP contribution in [-0.2, 0) is 23.1 Å². The van der Waals surface area contributed by atoms with E-state index in [1.807, 2.05) is 0 Å². The van der Waals surface area contributed by atoms with Crippen LogP contribution in [0.5, 0.6) is 0 Å². The molecule has 1 aliphatic heterocycles. The molecule has 1 saturated heterocycles. The number of halogens is 4. The number of piperidine rings is 1. The van der Waals surface area contributed by atoms with Gasteiger partial charge in [0.1, 0.15) is 5.54 Å². The zero-order valence-corrected chi connectivity index (χ0v) is 14.7. The summed E-state index contributed by atoms with van der Waals surface area (Å²) in [7, 11) is 0. The summed E-state index contributed by atoms with van der Waals surface area (Å²) in [5.41, 5.74) is -1.55. The van der Waals surface area contributed by atoms with E-state index in [0.717, 1.165) is 6.07 Å². The van der Waals surface area contributed by atoms with Crippen LogP contribution >= 0.6 is 12.4 Å². The minimum Gasteiger partial charge on any atom is -0.350 e. The Morgan fingerprint density at radius 3 is 2.54 bits per heavy atom. The van der Waals surface area contributed by atoms with Crippen LogP contribution in [-0.4, -0.2) is 28.8 Å². The highest BCUT2D eigenvalue weighted by Crippen LogP contribution is 2.32. The molecule has 0 saturated carbocycles. The summed E-state index contributed by atoms with van der Waals surface area (Å²) in [5.74, 6) is -0.310. The molecule has 0 unspecified atom stereocenters. The van der Waals surface area contributed by atoms with Gasteiger partial charge < -0.3 is 10.6 Å². The van der Waals surface area contributed by atoms with E-state index in [2.05, 4.69) is 15.7 Å². The van der Waals surface area contributed by atoms with E-state index < -0.39 is 17.3 Å². The topological polar surface area (TPSA) is 59.0 Å². The number of hydrogen-bond acceptors (Lipinski definition) is 3. The Morgan fingerprint density at radius 2 is 1.92 bits per heavy atom. The molecule has 0 atom stereocenters. The molecule has 2 N–H and O–H groups in total. The number of nitrogens with one attached hydrogen (secondary N) is 2. The van der Waals surface area contributed by atoms with E-state index in [0.29, 0.717) is 25.9 Å². The molecule has 3 rings (SSSR count). The van der Waals surface area contributed by atoms with Gasteiger partial charge in [-0.2, -0.15) is 18.3 Å². The van der Waals surface area contributed by atoms with Gasteiger partial charge in [0, 0.05) is 18.9 Å². The Morgan fingerprint density at radius 1 is 1.23 bits per heavy atom. The number of alkyl halides is 3. The molecule has 0 bridgehead atoms. The van der Waals surface area contributed by atoms with Crippen LogP contribution in [0.3, 0.4) is 0 Å². The number of hydrogen-bond donors (Lipinski definition) is 2. The highest BCUT2D eigenvalue weighted by Gasteiger charge is 2.42. The summed E-state index contributed by atoms with van der Waals surface area (Å²) >= 11 is 0. The minimum atomic E-state index is -4.45. The maximum Gasteiger partial charge on any atom is 0.416 e. The highest BCUT2D eigenvalue weighted by molar-refractivity contribution is 5.85. The van der Waals surface area contributed by atoms with Gasteiger partial charge in [-0.05, 0) is 43.6 Å². The molecule has 2 heterocycles. The van der Waals surface area contributed by atoms with E-state index in [4.69, 9.17) is 0 Å². The second kappa shape index (κ2) is 8.09. The van der Waals surface area contributed by atoms with Gasteiger partial charge in [0.15, 0.2) is 0 Å². The van der Waals surface area contributed by atoms with Crippen molar-refractivity contribution >= 4 is 18.3 Å². The van der Waals surface area contributed by atoms with Gasteiger partial charge in [0.2, 0.25) is 5.91 Å². The first-order chi connectivity index (χ1) is 11.9.